The predicted molar refractivity (Wildman–Crippen MR) is 75.4 cm³/mol. The van der Waals surface area contributed by atoms with Gasteiger partial charge in [-0.2, -0.15) is 13.2 Å². The molecule has 20 heavy (non-hydrogen) atoms. The number of hydrogen-bond donors (Lipinski definition) is 2. The largest absolute Gasteiger partial charge is 0.416 e. The highest BCUT2D eigenvalue weighted by molar-refractivity contribution is 7.80. The van der Waals surface area contributed by atoms with E-state index in [4.69, 9.17) is 18.0 Å². The third-order valence-corrected chi connectivity index (χ3v) is 3.16. The molecule has 0 aliphatic rings. The van der Waals surface area contributed by atoms with Gasteiger partial charge in [0.15, 0.2) is 0 Å². The van der Waals surface area contributed by atoms with Gasteiger partial charge >= 0.3 is 6.18 Å². The second-order valence-electron chi connectivity index (χ2n) is 4.38. The Hall–Kier alpha value is -1.63. The first-order chi connectivity index (χ1) is 9.16. The average Bonchev–Trinajstić information content (AvgIpc) is 2.30. The van der Waals surface area contributed by atoms with Crippen LogP contribution in [0.4, 0.5) is 18.9 Å². The highest BCUT2D eigenvalue weighted by atomic mass is 32.1. The number of benzene rings is 1. The molecule has 1 amide bonds. The van der Waals surface area contributed by atoms with Crippen LogP contribution in [0.2, 0.25) is 0 Å². The zero-order valence-electron chi connectivity index (χ0n) is 11.0. The fraction of sp³-hybridized carbons (Fsp3) is 0.385. The lowest BCUT2D eigenvalue weighted by atomic mass is 10.0. The molecule has 110 valence electrons. The van der Waals surface area contributed by atoms with Crippen molar-refractivity contribution in [3.63, 3.8) is 0 Å². The molecule has 1 rings (SSSR count). The fourth-order valence-electron chi connectivity index (χ4n) is 1.75. The summed E-state index contributed by atoms with van der Waals surface area (Å²) >= 11 is 4.75. The number of rotatable bonds is 4. The van der Waals surface area contributed by atoms with Crippen LogP contribution in [0.3, 0.4) is 0 Å². The Labute approximate surface area is 120 Å². The van der Waals surface area contributed by atoms with Crippen molar-refractivity contribution in [1.82, 2.24) is 0 Å². The van der Waals surface area contributed by atoms with Crippen LogP contribution in [0.1, 0.15) is 24.5 Å². The molecule has 3 nitrogen and oxygen atoms in total. The fourth-order valence-corrected chi connectivity index (χ4v) is 2.02. The number of carbonyl (C=O) groups excluding carboxylic acids is 1. The van der Waals surface area contributed by atoms with Gasteiger partial charge in [-0.25, -0.2) is 0 Å². The van der Waals surface area contributed by atoms with Crippen molar-refractivity contribution in [1.29, 1.82) is 0 Å². The van der Waals surface area contributed by atoms with Crippen molar-refractivity contribution >= 4 is 28.8 Å². The molecule has 0 spiro atoms. The maximum Gasteiger partial charge on any atom is 0.416 e. The molecule has 0 saturated heterocycles. The van der Waals surface area contributed by atoms with Crippen molar-refractivity contribution < 1.29 is 18.0 Å². The van der Waals surface area contributed by atoms with Gasteiger partial charge in [-0.3, -0.25) is 4.79 Å². The smallest absolute Gasteiger partial charge is 0.393 e. The first-order valence-electron chi connectivity index (χ1n) is 5.94. The molecule has 7 heteroatoms. The normalized spacial score (nSPS) is 12.8. The number of aryl methyl sites for hydroxylation is 1. The number of thiocarbonyl (C=S) groups is 1. The van der Waals surface area contributed by atoms with Crippen molar-refractivity contribution in [2.75, 3.05) is 5.32 Å². The van der Waals surface area contributed by atoms with Crippen LogP contribution in [-0.2, 0) is 11.0 Å². The van der Waals surface area contributed by atoms with Crippen molar-refractivity contribution in [2.24, 2.45) is 11.7 Å². The molecule has 0 bridgehead atoms. The minimum Gasteiger partial charge on any atom is -0.393 e. The van der Waals surface area contributed by atoms with Crippen molar-refractivity contribution in [3.8, 4) is 0 Å². The van der Waals surface area contributed by atoms with Gasteiger partial charge in [0, 0.05) is 5.69 Å². The maximum absolute atomic E-state index is 12.8. The van der Waals surface area contributed by atoms with E-state index in [-0.39, 0.29) is 16.2 Å². The Morgan fingerprint density at radius 1 is 1.45 bits per heavy atom. The van der Waals surface area contributed by atoms with Gasteiger partial charge in [-0.05, 0) is 31.0 Å². The van der Waals surface area contributed by atoms with Crippen molar-refractivity contribution in [3.05, 3.63) is 29.3 Å². The molecule has 0 heterocycles. The van der Waals surface area contributed by atoms with Gasteiger partial charge in [0.1, 0.15) is 0 Å². The van der Waals surface area contributed by atoms with Gasteiger partial charge in [-0.1, -0.05) is 25.2 Å². The summed E-state index contributed by atoms with van der Waals surface area (Å²) in [6.45, 7) is 3.08. The predicted octanol–water partition coefficient (Wildman–Crippen LogP) is 3.26. The van der Waals surface area contributed by atoms with E-state index in [2.05, 4.69) is 5.32 Å². The molecule has 1 aromatic rings. The monoisotopic (exact) mass is 304 g/mol. The molecule has 1 unspecified atom stereocenters. The molecule has 0 aliphatic heterocycles. The van der Waals surface area contributed by atoms with E-state index in [1.807, 2.05) is 0 Å². The van der Waals surface area contributed by atoms with E-state index in [0.29, 0.717) is 6.42 Å². The SMILES string of the molecule is CCC(C(=O)Nc1ccc(C)c(C(F)(F)F)c1)C(N)=S. The number of alkyl halides is 3. The van der Waals surface area contributed by atoms with E-state index in [0.717, 1.165) is 6.07 Å². The summed E-state index contributed by atoms with van der Waals surface area (Å²) in [5.74, 6) is -1.20. The van der Waals surface area contributed by atoms with Crippen LogP contribution in [-0.4, -0.2) is 10.9 Å². The summed E-state index contributed by atoms with van der Waals surface area (Å²) in [5, 5.41) is 2.41. The van der Waals surface area contributed by atoms with E-state index >= 15 is 0 Å². The molecule has 3 N–H and O–H groups in total. The zero-order valence-corrected chi connectivity index (χ0v) is 11.9. The number of halogens is 3. The Balaban J connectivity index is 3.00. The molecule has 0 fully saturated rings. The lowest BCUT2D eigenvalue weighted by Crippen LogP contribution is -2.32. The highest BCUT2D eigenvalue weighted by Gasteiger charge is 2.32. The number of nitrogens with one attached hydrogen (secondary N) is 1. The Kier molecular flexibility index (Phi) is 5.10. The van der Waals surface area contributed by atoms with Crippen LogP contribution >= 0.6 is 12.2 Å². The average molecular weight is 304 g/mol. The molecule has 1 atom stereocenters. The Morgan fingerprint density at radius 2 is 2.05 bits per heavy atom. The minimum atomic E-state index is -4.46. The standard InChI is InChI=1S/C13H15F3N2OS/c1-3-9(11(17)20)12(19)18-8-5-4-7(2)10(6-8)13(14,15)16/h4-6,9H,3H2,1-2H3,(H2,17,20)(H,18,19). The number of anilines is 1. The zero-order chi connectivity index (χ0) is 15.5. The van der Waals surface area contributed by atoms with Gasteiger partial charge in [0.05, 0.1) is 16.5 Å². The Morgan fingerprint density at radius 3 is 2.50 bits per heavy atom. The van der Waals surface area contributed by atoms with Crippen LogP contribution < -0.4 is 11.1 Å². The second-order valence-corrected chi connectivity index (χ2v) is 4.85. The number of amides is 1. The minimum absolute atomic E-state index is 0.0214. The van der Waals surface area contributed by atoms with Crippen LogP contribution in [0.15, 0.2) is 18.2 Å². The Bertz CT molecular complexity index is 529. The third kappa shape index (κ3) is 3.93. The second kappa shape index (κ2) is 6.21. The summed E-state index contributed by atoms with van der Waals surface area (Å²) in [6, 6.07) is 3.62. The molecule has 0 saturated carbocycles. The van der Waals surface area contributed by atoms with Crippen LogP contribution in [0.5, 0.6) is 0 Å². The topological polar surface area (TPSA) is 55.1 Å². The number of hydrogen-bond acceptors (Lipinski definition) is 2. The summed E-state index contributed by atoms with van der Waals surface area (Å²) in [4.78, 5) is 11.9. The van der Waals surface area contributed by atoms with E-state index < -0.39 is 23.6 Å². The highest BCUT2D eigenvalue weighted by Crippen LogP contribution is 2.33. The molecular formula is C13H15F3N2OS. The van der Waals surface area contributed by atoms with Crippen molar-refractivity contribution in [2.45, 2.75) is 26.4 Å². The summed E-state index contributed by atoms with van der Waals surface area (Å²) in [5.41, 5.74) is 4.80. The van der Waals surface area contributed by atoms with E-state index in [9.17, 15) is 18.0 Å². The van der Waals surface area contributed by atoms with E-state index in [1.54, 1.807) is 6.92 Å². The van der Waals surface area contributed by atoms with Crippen LogP contribution in [0.25, 0.3) is 0 Å². The summed E-state index contributed by atoms with van der Waals surface area (Å²) in [7, 11) is 0. The summed E-state index contributed by atoms with van der Waals surface area (Å²) in [6.07, 6.45) is -4.07. The van der Waals surface area contributed by atoms with Gasteiger partial charge in [-0.15, -0.1) is 0 Å². The molecule has 0 aromatic heterocycles. The molecule has 0 radical (unpaired) electrons. The maximum atomic E-state index is 12.8. The van der Waals surface area contributed by atoms with Gasteiger partial charge in [0.2, 0.25) is 5.91 Å². The quantitative estimate of drug-likeness (QED) is 0.839. The lowest BCUT2D eigenvalue weighted by Gasteiger charge is -2.16. The summed E-state index contributed by atoms with van der Waals surface area (Å²) < 4.78 is 38.3. The lowest BCUT2D eigenvalue weighted by molar-refractivity contribution is -0.138. The van der Waals surface area contributed by atoms with E-state index in [1.165, 1.54) is 19.1 Å². The third-order valence-electron chi connectivity index (χ3n) is 2.88. The number of nitrogens with two attached hydrogens (primary N) is 1. The molecular weight excluding hydrogens is 289 g/mol. The van der Waals surface area contributed by atoms with Gasteiger partial charge in [0.25, 0.3) is 0 Å². The molecule has 1 aromatic carbocycles. The first-order valence-corrected chi connectivity index (χ1v) is 6.35. The first kappa shape index (κ1) is 16.4. The number of carbonyl (C=O) groups is 1. The van der Waals surface area contributed by atoms with Gasteiger partial charge < -0.3 is 11.1 Å². The van der Waals surface area contributed by atoms with Crippen LogP contribution in [0, 0.1) is 12.8 Å². The molecule has 0 aliphatic carbocycles.